The maximum atomic E-state index is 14.5. The van der Waals surface area contributed by atoms with Crippen LogP contribution in [0.3, 0.4) is 0 Å². The molecule has 6 fully saturated rings. The zero-order valence-corrected chi connectivity index (χ0v) is 66.0. The van der Waals surface area contributed by atoms with E-state index in [1.807, 2.05) is 121 Å². The molecule has 0 spiro atoms. The summed E-state index contributed by atoms with van der Waals surface area (Å²) in [6.07, 6.45) is 36.9. The molecule has 0 aromatic heterocycles. The molecule has 13 aromatic rings. The number of ether oxygens (including phenoxy) is 2. The van der Waals surface area contributed by atoms with Crippen LogP contribution in [-0.2, 0) is 60.7 Å². The van der Waals surface area contributed by atoms with E-state index in [1.54, 1.807) is 24.3 Å². The van der Waals surface area contributed by atoms with E-state index in [-0.39, 0.29) is 74.6 Å². The number of cyclic esters (lactones) is 4. The maximum Gasteiger partial charge on any atom is 0.346 e. The topological polar surface area (TPSA) is 184 Å². The molecule has 0 saturated heterocycles. The summed E-state index contributed by atoms with van der Waals surface area (Å²) < 4.78 is 9.74. The van der Waals surface area contributed by atoms with E-state index in [1.165, 1.54) is 145 Å². The van der Waals surface area contributed by atoms with Crippen LogP contribution in [0.25, 0.3) is 86.2 Å². The number of hydrogen-bond acceptors (Lipinski definition) is 11. The fraction of sp³-hybridized carbons (Fsp3) is 0.320. The van der Waals surface area contributed by atoms with Crippen LogP contribution >= 0.6 is 0 Å². The standard InChI is InChI=1S/C47H35NO4.C24H8O6.C11H15N.3C5H10.3Fe/c49-44-34-21-17-30-32-19-23-36-42-37(47(52)48(46(36)51)38-16-8-7-14-28(38)26-11-3-4-12-26)24-20-33(40(32)42)31-18-22-35(41(34)39(30)31)45(50)43(44)29-15-6-5-13-27(29)25-9-1-2-10-25;25-21-13-5-1-9-10-2-6-15-20-16(24(28)30-23(15)27)8-4-12(18(10)20)11-3-7-14(22(26)29-21)19(13)17(9)11;12-11-8-4-3-7-10(11)9-5-1-2-6-9;3*1-2-4-5-3-1;;;/h5-8,13-26,43H,1-4,9-12H2;1-8H;3-4,7-9H,1-2,5-6,12H2;3*1-5H2;;;. The largest absolute Gasteiger partial charge is 0.398 e. The summed E-state index contributed by atoms with van der Waals surface area (Å²) >= 11 is 0. The van der Waals surface area contributed by atoms with Gasteiger partial charge in [-0.3, -0.25) is 19.2 Å². The number of nitrogens with zero attached hydrogens (tertiary/aromatic N) is 1. The predicted molar refractivity (Wildman–Crippen MR) is 434 cm³/mol. The van der Waals surface area contributed by atoms with Gasteiger partial charge in [0, 0.05) is 101 Å². The third-order valence-corrected chi connectivity index (χ3v) is 25.6. The Morgan fingerprint density at radius 1 is 0.250 bits per heavy atom. The number of ketones is 2. The van der Waals surface area contributed by atoms with Gasteiger partial charge in [-0.2, -0.15) is 0 Å². The van der Waals surface area contributed by atoms with Gasteiger partial charge >= 0.3 is 23.9 Å². The third-order valence-electron chi connectivity index (χ3n) is 25.6. The molecule has 7 aliphatic carbocycles. The summed E-state index contributed by atoms with van der Waals surface area (Å²) in [4.78, 5) is 109. The number of carbonyl (C=O) groups excluding carboxylic acids is 8. The second kappa shape index (κ2) is 33.0. The Bertz CT molecular complexity index is 5330. The molecule has 15 heteroatoms. The van der Waals surface area contributed by atoms with Crippen molar-refractivity contribution in [3.63, 3.8) is 0 Å². The van der Waals surface area contributed by atoms with Gasteiger partial charge in [-0.25, -0.2) is 24.1 Å². The summed E-state index contributed by atoms with van der Waals surface area (Å²) in [5.41, 5.74) is 15.6. The van der Waals surface area contributed by atoms with E-state index in [0.717, 1.165) is 131 Å². The van der Waals surface area contributed by atoms with Crippen molar-refractivity contribution in [2.75, 3.05) is 10.6 Å². The molecule has 570 valence electrons. The van der Waals surface area contributed by atoms with Crippen LogP contribution in [0, 0.1) is 0 Å². The van der Waals surface area contributed by atoms with Gasteiger partial charge < -0.3 is 15.2 Å². The summed E-state index contributed by atoms with van der Waals surface area (Å²) in [5.74, 6) is -2.96. The number of esters is 4. The fourth-order valence-corrected chi connectivity index (χ4v) is 20.3. The van der Waals surface area contributed by atoms with Gasteiger partial charge in [0.1, 0.15) is 5.92 Å². The normalized spacial score (nSPS) is 17.9. The van der Waals surface area contributed by atoms with Crippen LogP contribution in [0.15, 0.2) is 170 Å². The average molecular weight is 1610 g/mol. The smallest absolute Gasteiger partial charge is 0.346 e. The average Bonchev–Trinajstić information content (AvgIpc) is 1.05. The van der Waals surface area contributed by atoms with E-state index < -0.39 is 29.8 Å². The van der Waals surface area contributed by atoms with Crippen molar-refractivity contribution in [1.29, 1.82) is 0 Å². The third kappa shape index (κ3) is 13.5. The summed E-state index contributed by atoms with van der Waals surface area (Å²) in [6, 6.07) is 53.6. The number of fused-ring (bicyclic) bond motifs is 4. The van der Waals surface area contributed by atoms with E-state index in [4.69, 9.17) is 15.2 Å². The molecule has 2 N–H and O–H groups in total. The van der Waals surface area contributed by atoms with Crippen molar-refractivity contribution < 1.29 is 99.0 Å². The number of para-hydroxylation sites is 2. The zero-order chi connectivity index (χ0) is 74.1. The first-order chi connectivity index (χ1) is 53.4. The van der Waals surface area contributed by atoms with Crippen molar-refractivity contribution >= 4 is 145 Å². The minimum absolute atomic E-state index is 0. The van der Waals surface area contributed by atoms with Gasteiger partial charge in [0.25, 0.3) is 11.8 Å². The molecular formula is C97H88Fe3N2O10. The molecule has 6 saturated carbocycles. The monoisotopic (exact) mass is 1610 g/mol. The number of carbonyl (C=O) groups is 8. The number of nitrogen functional groups attached to an aromatic ring is 1. The van der Waals surface area contributed by atoms with Gasteiger partial charge in [0.05, 0.1) is 27.9 Å². The van der Waals surface area contributed by atoms with Crippen molar-refractivity contribution in [2.45, 2.75) is 197 Å². The summed E-state index contributed by atoms with van der Waals surface area (Å²) in [6.45, 7) is 0. The van der Waals surface area contributed by atoms with Crippen molar-refractivity contribution in [3.8, 4) is 0 Å². The minimum atomic E-state index is -0.857. The Hall–Kier alpha value is -9.42. The maximum absolute atomic E-state index is 14.5. The minimum Gasteiger partial charge on any atom is -0.398 e. The molecule has 13 aromatic carbocycles. The van der Waals surface area contributed by atoms with E-state index in [2.05, 4.69) is 24.3 Å². The van der Waals surface area contributed by atoms with Gasteiger partial charge in [0.15, 0.2) is 11.6 Å². The first kappa shape index (κ1) is 77.9. The molecule has 112 heavy (non-hydrogen) atoms. The molecule has 0 bridgehead atoms. The molecule has 10 aliphatic rings. The molecule has 3 heterocycles. The molecule has 3 aliphatic heterocycles. The Kier molecular flexibility index (Phi) is 22.9. The van der Waals surface area contributed by atoms with Crippen LogP contribution in [0.2, 0.25) is 0 Å². The number of benzene rings is 13. The Morgan fingerprint density at radius 2 is 0.500 bits per heavy atom. The number of hydrogen-bond donors (Lipinski definition) is 1. The summed E-state index contributed by atoms with van der Waals surface area (Å²) in [7, 11) is 0. The van der Waals surface area contributed by atoms with Gasteiger partial charge in [-0.15, -0.1) is 0 Å². The summed E-state index contributed by atoms with van der Waals surface area (Å²) in [5, 5.41) is 12.8. The molecular weight excluding hydrogens is 1520 g/mol. The Balaban J connectivity index is 0.000000137. The number of rotatable bonds is 5. The number of amides is 2. The van der Waals surface area contributed by atoms with Crippen molar-refractivity contribution in [2.24, 2.45) is 0 Å². The number of Topliss-reactive ketones (excluding diaryl/α,β-unsaturated/α-hetero) is 2. The second-order valence-corrected chi connectivity index (χ2v) is 31.8. The second-order valence-electron chi connectivity index (χ2n) is 31.8. The van der Waals surface area contributed by atoms with Gasteiger partial charge in [0.2, 0.25) is 0 Å². The van der Waals surface area contributed by atoms with E-state index in [9.17, 15) is 38.4 Å². The van der Waals surface area contributed by atoms with Crippen LogP contribution in [0.1, 0.15) is 302 Å². The van der Waals surface area contributed by atoms with Crippen LogP contribution in [0.5, 0.6) is 0 Å². The molecule has 0 radical (unpaired) electrons. The van der Waals surface area contributed by atoms with Gasteiger partial charge in [-0.05, 0) is 192 Å². The zero-order valence-electron chi connectivity index (χ0n) is 62.7. The SMILES string of the molecule is C1CCCC1.C1CCCC1.C1CCCC1.Nc1ccccc1C1CCCC1.O=C1OC(=O)c2ccc3c4ccc5c6c(ccc(c7ccc1c2c73)c64)C(=O)OC5=O.O=C1c2ccc3c4ccc5c6c(ccc(c7ccc(c2c37)C(=O)C1c1ccccc1C1CCCC1)c64)C(=O)N(c1ccccc1C1CCCC1)C5=O.[Fe].[Fe].[Fe]. The van der Waals surface area contributed by atoms with Crippen molar-refractivity contribution in [1.82, 2.24) is 0 Å². The number of anilines is 2. The van der Waals surface area contributed by atoms with E-state index in [0.29, 0.717) is 83.6 Å². The molecule has 2 amide bonds. The first-order valence-corrected chi connectivity index (χ1v) is 40.4. The van der Waals surface area contributed by atoms with Crippen LogP contribution in [-0.4, -0.2) is 47.3 Å². The molecule has 0 unspecified atom stereocenters. The molecule has 12 nitrogen and oxygen atoms in total. The van der Waals surface area contributed by atoms with Crippen LogP contribution in [0.4, 0.5) is 11.4 Å². The molecule has 0 atom stereocenters. The van der Waals surface area contributed by atoms with Crippen LogP contribution < -0.4 is 10.6 Å². The Morgan fingerprint density at radius 3 is 0.839 bits per heavy atom. The Labute approximate surface area is 683 Å². The van der Waals surface area contributed by atoms with Crippen molar-refractivity contribution in [3.05, 3.63) is 237 Å². The molecule has 23 rings (SSSR count). The number of imide groups is 1. The van der Waals surface area contributed by atoms with Gasteiger partial charge in [-0.1, -0.05) is 256 Å². The number of nitrogens with two attached hydrogens (primary N) is 1. The fourth-order valence-electron chi connectivity index (χ4n) is 20.3. The quantitative estimate of drug-likeness (QED) is 0.0329. The predicted octanol–water partition coefficient (Wildman–Crippen LogP) is 24.1. The van der Waals surface area contributed by atoms with E-state index >= 15 is 0 Å². The first-order valence-electron chi connectivity index (χ1n) is 40.4.